The first-order valence-electron chi connectivity index (χ1n) is 8.06. The Morgan fingerprint density at radius 1 is 1.08 bits per heavy atom. The maximum atomic E-state index is 12.7. The molecule has 128 valence electrons. The van der Waals surface area contributed by atoms with Gasteiger partial charge in [-0.05, 0) is 12.1 Å². The number of anilines is 1. The number of hydrogen-bond donors (Lipinski definition) is 0. The van der Waals surface area contributed by atoms with Gasteiger partial charge in [0.05, 0.1) is 16.6 Å². The van der Waals surface area contributed by atoms with Crippen LogP contribution >= 0.6 is 11.6 Å². The lowest BCUT2D eigenvalue weighted by molar-refractivity contribution is -0.141. The Hall–Kier alpha value is -2.08. The van der Waals surface area contributed by atoms with Gasteiger partial charge in [-0.2, -0.15) is 0 Å². The summed E-state index contributed by atoms with van der Waals surface area (Å²) in [6.07, 6.45) is 0.205. The van der Waals surface area contributed by atoms with E-state index in [1.807, 2.05) is 12.1 Å². The van der Waals surface area contributed by atoms with Crippen LogP contribution in [0.15, 0.2) is 24.3 Å². The third kappa shape index (κ3) is 3.24. The summed E-state index contributed by atoms with van der Waals surface area (Å²) < 4.78 is 0. The molecule has 24 heavy (non-hydrogen) atoms. The lowest BCUT2D eigenvalue weighted by Gasteiger charge is -2.35. The molecule has 2 heterocycles. The van der Waals surface area contributed by atoms with Gasteiger partial charge in [0.1, 0.15) is 0 Å². The topological polar surface area (TPSA) is 60.9 Å². The maximum Gasteiger partial charge on any atom is 0.228 e. The van der Waals surface area contributed by atoms with Crippen LogP contribution in [0.3, 0.4) is 0 Å². The van der Waals surface area contributed by atoms with Gasteiger partial charge in [-0.3, -0.25) is 14.4 Å². The number of nitrogens with zero attached hydrogens (tertiary/aromatic N) is 3. The number of rotatable bonds is 2. The lowest BCUT2D eigenvalue weighted by atomic mass is 10.1. The SMILES string of the molecule is CC(=O)N1CCN(C(=O)C2CC(=O)N(c3ccccc3Cl)C2)CC1. The van der Waals surface area contributed by atoms with Crippen LogP contribution < -0.4 is 4.90 Å². The summed E-state index contributed by atoms with van der Waals surface area (Å²) in [7, 11) is 0. The summed E-state index contributed by atoms with van der Waals surface area (Å²) in [5.41, 5.74) is 0.654. The number of halogens is 1. The molecule has 2 fully saturated rings. The average Bonchev–Trinajstić information content (AvgIpc) is 2.96. The van der Waals surface area contributed by atoms with Crippen molar-refractivity contribution in [1.29, 1.82) is 0 Å². The molecule has 0 aromatic heterocycles. The molecular formula is C17H20ClN3O3. The van der Waals surface area contributed by atoms with Gasteiger partial charge < -0.3 is 14.7 Å². The van der Waals surface area contributed by atoms with Crippen molar-refractivity contribution in [2.75, 3.05) is 37.6 Å². The Morgan fingerprint density at radius 2 is 1.71 bits per heavy atom. The minimum atomic E-state index is -0.349. The Balaban J connectivity index is 1.65. The molecule has 3 rings (SSSR count). The molecule has 1 aromatic carbocycles. The molecule has 6 nitrogen and oxygen atoms in total. The molecule has 0 spiro atoms. The summed E-state index contributed by atoms with van der Waals surface area (Å²) in [4.78, 5) is 41.5. The molecule has 0 radical (unpaired) electrons. The smallest absolute Gasteiger partial charge is 0.228 e. The fraction of sp³-hybridized carbons (Fsp3) is 0.471. The van der Waals surface area contributed by atoms with E-state index in [1.54, 1.807) is 26.8 Å². The van der Waals surface area contributed by atoms with Crippen molar-refractivity contribution in [3.8, 4) is 0 Å². The number of benzene rings is 1. The Bertz CT molecular complexity index is 671. The molecule has 0 saturated carbocycles. The first kappa shape index (κ1) is 16.8. The van der Waals surface area contributed by atoms with Crippen molar-refractivity contribution in [1.82, 2.24) is 9.80 Å². The maximum absolute atomic E-state index is 12.7. The molecule has 2 aliphatic rings. The molecule has 2 aliphatic heterocycles. The van der Waals surface area contributed by atoms with Crippen molar-refractivity contribution in [3.05, 3.63) is 29.3 Å². The Labute approximate surface area is 146 Å². The molecule has 1 atom stereocenters. The fourth-order valence-corrected chi connectivity index (χ4v) is 3.51. The van der Waals surface area contributed by atoms with Crippen LogP contribution in [0.25, 0.3) is 0 Å². The van der Waals surface area contributed by atoms with Crippen LogP contribution in [0.1, 0.15) is 13.3 Å². The molecular weight excluding hydrogens is 330 g/mol. The highest BCUT2D eigenvalue weighted by Gasteiger charge is 2.38. The molecule has 2 saturated heterocycles. The lowest BCUT2D eigenvalue weighted by Crippen LogP contribution is -2.51. The van der Waals surface area contributed by atoms with Crippen LogP contribution in [0.2, 0.25) is 5.02 Å². The van der Waals surface area contributed by atoms with Crippen LogP contribution in [0.4, 0.5) is 5.69 Å². The number of carbonyl (C=O) groups excluding carboxylic acids is 3. The van der Waals surface area contributed by atoms with Gasteiger partial charge in [-0.1, -0.05) is 23.7 Å². The zero-order valence-corrected chi connectivity index (χ0v) is 14.3. The van der Waals surface area contributed by atoms with Crippen molar-refractivity contribution in [3.63, 3.8) is 0 Å². The Kier molecular flexibility index (Phi) is 4.76. The molecule has 0 bridgehead atoms. The average molecular weight is 350 g/mol. The molecule has 1 unspecified atom stereocenters. The van der Waals surface area contributed by atoms with Gasteiger partial charge in [-0.25, -0.2) is 0 Å². The van der Waals surface area contributed by atoms with Crippen LogP contribution in [0, 0.1) is 5.92 Å². The first-order chi connectivity index (χ1) is 11.5. The second-order valence-electron chi connectivity index (χ2n) is 6.19. The summed E-state index contributed by atoms with van der Waals surface area (Å²) in [5.74, 6) is -0.411. The molecule has 0 aliphatic carbocycles. The molecule has 0 N–H and O–H groups in total. The molecule has 3 amide bonds. The number of hydrogen-bond acceptors (Lipinski definition) is 3. The zero-order valence-electron chi connectivity index (χ0n) is 13.6. The van der Waals surface area contributed by atoms with Crippen LogP contribution in [-0.2, 0) is 14.4 Å². The van der Waals surface area contributed by atoms with E-state index in [1.165, 1.54) is 6.92 Å². The van der Waals surface area contributed by atoms with Crippen molar-refractivity contribution >= 4 is 35.0 Å². The summed E-state index contributed by atoms with van der Waals surface area (Å²) in [6.45, 7) is 4.04. The van der Waals surface area contributed by atoms with Gasteiger partial charge in [0, 0.05) is 46.1 Å². The van der Waals surface area contributed by atoms with Crippen molar-refractivity contribution in [2.45, 2.75) is 13.3 Å². The number of amides is 3. The van der Waals surface area contributed by atoms with Gasteiger partial charge in [0.25, 0.3) is 0 Å². The second-order valence-corrected chi connectivity index (χ2v) is 6.60. The summed E-state index contributed by atoms with van der Waals surface area (Å²) in [5, 5.41) is 0.508. The van der Waals surface area contributed by atoms with Crippen LogP contribution in [-0.4, -0.2) is 60.2 Å². The predicted octanol–water partition coefficient (Wildman–Crippen LogP) is 1.38. The van der Waals surface area contributed by atoms with Crippen molar-refractivity contribution in [2.24, 2.45) is 5.92 Å². The van der Waals surface area contributed by atoms with Gasteiger partial charge in [0.15, 0.2) is 0 Å². The second kappa shape index (κ2) is 6.81. The van der Waals surface area contributed by atoms with Crippen LogP contribution in [0.5, 0.6) is 0 Å². The van der Waals surface area contributed by atoms with E-state index in [2.05, 4.69) is 0 Å². The van der Waals surface area contributed by atoms with E-state index >= 15 is 0 Å². The monoisotopic (exact) mass is 349 g/mol. The van der Waals surface area contributed by atoms with Crippen molar-refractivity contribution < 1.29 is 14.4 Å². The largest absolute Gasteiger partial charge is 0.339 e. The van der Waals surface area contributed by atoms with E-state index in [4.69, 9.17) is 11.6 Å². The first-order valence-corrected chi connectivity index (χ1v) is 8.44. The van der Waals surface area contributed by atoms with Gasteiger partial charge in [-0.15, -0.1) is 0 Å². The van der Waals surface area contributed by atoms with Gasteiger partial charge in [0.2, 0.25) is 17.7 Å². The van der Waals surface area contributed by atoms with E-state index < -0.39 is 0 Å². The predicted molar refractivity (Wildman–Crippen MR) is 90.7 cm³/mol. The number of para-hydroxylation sites is 1. The van der Waals surface area contributed by atoms with E-state index in [0.29, 0.717) is 43.4 Å². The number of carbonyl (C=O) groups is 3. The number of piperazine rings is 1. The zero-order chi connectivity index (χ0) is 17.3. The molecule has 7 heteroatoms. The normalized spacial score (nSPS) is 21.3. The highest BCUT2D eigenvalue weighted by atomic mass is 35.5. The summed E-state index contributed by atoms with van der Waals surface area (Å²) >= 11 is 6.16. The van der Waals surface area contributed by atoms with E-state index in [-0.39, 0.29) is 30.1 Å². The van der Waals surface area contributed by atoms with Gasteiger partial charge >= 0.3 is 0 Å². The quantitative estimate of drug-likeness (QED) is 0.810. The third-order valence-electron chi connectivity index (χ3n) is 4.65. The minimum absolute atomic E-state index is 0.0129. The summed E-state index contributed by atoms with van der Waals surface area (Å²) in [6, 6.07) is 7.16. The third-order valence-corrected chi connectivity index (χ3v) is 4.97. The van der Waals surface area contributed by atoms with E-state index in [9.17, 15) is 14.4 Å². The molecule has 1 aromatic rings. The highest BCUT2D eigenvalue weighted by Crippen LogP contribution is 2.31. The minimum Gasteiger partial charge on any atom is -0.339 e. The highest BCUT2D eigenvalue weighted by molar-refractivity contribution is 6.33. The standard InChI is InChI=1S/C17H20ClN3O3/c1-12(22)19-6-8-20(9-7-19)17(24)13-10-16(23)21(11-13)15-5-3-2-4-14(15)18/h2-5,13H,6-11H2,1H3. The fourth-order valence-electron chi connectivity index (χ4n) is 3.28. The van der Waals surface area contributed by atoms with E-state index in [0.717, 1.165) is 0 Å². The Morgan fingerprint density at radius 3 is 2.33 bits per heavy atom.